The standard InChI is InChI=1S/C57H57NO/c1-33-26-34(2)52(35(3)27-33)58-48-25-24-36(53(4,5)6)28-46(48)57(41-20-14-16-22-50(41)59-51-23-17-15-21-42(51)57)47-29-38-39-32-56(11)45(37-18-12-13-19-40(37)55(56,9)10)30-43(39)54(7,8)44(38)31-49(47)58/h12-31,37,40H,32H2,1-11H3. The van der Waals surface area contributed by atoms with Crippen LogP contribution in [0.3, 0.4) is 0 Å². The van der Waals surface area contributed by atoms with E-state index in [9.17, 15) is 0 Å². The Balaban J connectivity index is 1.28. The van der Waals surface area contributed by atoms with Crippen LogP contribution in [0.2, 0.25) is 0 Å². The first-order chi connectivity index (χ1) is 28.0. The molecule has 2 heteroatoms. The highest BCUT2D eigenvalue weighted by atomic mass is 16.5. The summed E-state index contributed by atoms with van der Waals surface area (Å²) < 4.78 is 6.90. The van der Waals surface area contributed by atoms with Crippen molar-refractivity contribution in [3.05, 3.63) is 188 Å². The van der Waals surface area contributed by atoms with Gasteiger partial charge in [-0.15, -0.1) is 0 Å². The molecule has 1 spiro atoms. The summed E-state index contributed by atoms with van der Waals surface area (Å²) in [6, 6.07) is 35.1. The highest BCUT2D eigenvalue weighted by Crippen LogP contribution is 2.71. The minimum absolute atomic E-state index is 0.0275. The van der Waals surface area contributed by atoms with Gasteiger partial charge in [0.1, 0.15) is 11.5 Å². The van der Waals surface area contributed by atoms with Crippen molar-refractivity contribution >= 4 is 22.6 Å². The van der Waals surface area contributed by atoms with Crippen molar-refractivity contribution in [2.24, 2.45) is 22.7 Å². The van der Waals surface area contributed by atoms with Crippen LogP contribution in [-0.4, -0.2) is 0 Å². The molecule has 2 heterocycles. The molecule has 5 aromatic carbocycles. The molecular formula is C57H57NO. The van der Waals surface area contributed by atoms with Crippen LogP contribution in [0.25, 0.3) is 5.57 Å². The van der Waals surface area contributed by atoms with Gasteiger partial charge in [0.05, 0.1) is 22.5 Å². The van der Waals surface area contributed by atoms with E-state index in [0.29, 0.717) is 11.8 Å². The molecular weight excluding hydrogens is 715 g/mol. The minimum atomic E-state index is -0.639. The first-order valence-electron chi connectivity index (χ1n) is 21.9. The Labute approximate surface area is 352 Å². The Kier molecular flexibility index (Phi) is 7.27. The van der Waals surface area contributed by atoms with Gasteiger partial charge in [-0.05, 0) is 130 Å². The topological polar surface area (TPSA) is 12.5 Å². The molecule has 0 amide bonds. The number of aryl methyl sites for hydroxylation is 3. The van der Waals surface area contributed by atoms with Crippen LogP contribution in [0.4, 0.5) is 17.1 Å². The van der Waals surface area contributed by atoms with Crippen LogP contribution < -0.4 is 9.64 Å². The number of nitrogens with zero attached hydrogens (tertiary/aromatic N) is 1. The number of rotatable bonds is 1. The van der Waals surface area contributed by atoms with Crippen molar-refractivity contribution in [3.63, 3.8) is 0 Å². The second kappa shape index (κ2) is 11.7. The number of allylic oxidation sites excluding steroid dienone is 8. The van der Waals surface area contributed by atoms with Gasteiger partial charge in [0, 0.05) is 22.5 Å². The number of benzene rings is 5. The fourth-order valence-corrected chi connectivity index (χ4v) is 12.9. The zero-order valence-corrected chi connectivity index (χ0v) is 36.8. The zero-order chi connectivity index (χ0) is 41.2. The molecule has 11 rings (SSSR count). The summed E-state index contributed by atoms with van der Waals surface area (Å²) in [5, 5.41) is 0. The summed E-state index contributed by atoms with van der Waals surface area (Å²) in [6.07, 6.45) is 13.3. The Morgan fingerprint density at radius 2 is 1.29 bits per heavy atom. The maximum atomic E-state index is 6.90. The number of ether oxygens (including phenoxy) is 1. The fraction of sp³-hybridized carbons (Fsp3) is 0.333. The third-order valence-electron chi connectivity index (χ3n) is 16.2. The zero-order valence-electron chi connectivity index (χ0n) is 36.8. The Hall–Kier alpha value is -5.34. The first-order valence-corrected chi connectivity index (χ1v) is 21.9. The lowest BCUT2D eigenvalue weighted by Gasteiger charge is -2.50. The van der Waals surface area contributed by atoms with Crippen molar-refractivity contribution in [1.29, 1.82) is 0 Å². The summed E-state index contributed by atoms with van der Waals surface area (Å²) in [7, 11) is 0. The molecule has 3 unspecified atom stereocenters. The van der Waals surface area contributed by atoms with Crippen molar-refractivity contribution in [2.45, 2.75) is 98.8 Å². The monoisotopic (exact) mass is 771 g/mol. The van der Waals surface area contributed by atoms with Crippen molar-refractivity contribution in [3.8, 4) is 11.5 Å². The number of hydrogen-bond donors (Lipinski definition) is 0. The number of hydrogen-bond acceptors (Lipinski definition) is 2. The van der Waals surface area contributed by atoms with Crippen molar-refractivity contribution in [1.82, 2.24) is 0 Å². The molecule has 59 heavy (non-hydrogen) atoms. The molecule has 3 atom stereocenters. The number of para-hydroxylation sites is 2. The van der Waals surface area contributed by atoms with Crippen LogP contribution >= 0.6 is 0 Å². The Bertz CT molecular complexity index is 2760. The smallest absolute Gasteiger partial charge is 0.132 e. The highest BCUT2D eigenvalue weighted by Gasteiger charge is 2.61. The van der Waals surface area contributed by atoms with Gasteiger partial charge >= 0.3 is 0 Å². The van der Waals surface area contributed by atoms with E-state index in [1.54, 1.807) is 5.57 Å². The largest absolute Gasteiger partial charge is 0.457 e. The van der Waals surface area contributed by atoms with E-state index < -0.39 is 5.41 Å². The second-order valence-electron chi connectivity index (χ2n) is 21.0. The average Bonchev–Trinajstić information content (AvgIpc) is 3.51. The molecule has 6 aliphatic rings. The number of anilines is 3. The molecule has 2 aliphatic heterocycles. The fourth-order valence-electron chi connectivity index (χ4n) is 12.9. The van der Waals surface area contributed by atoms with Gasteiger partial charge in [0.25, 0.3) is 0 Å². The maximum absolute atomic E-state index is 6.90. The lowest BCUT2D eigenvalue weighted by Crippen LogP contribution is -2.40. The third kappa shape index (κ3) is 4.53. The van der Waals surface area contributed by atoms with Gasteiger partial charge < -0.3 is 9.64 Å². The molecule has 296 valence electrons. The predicted molar refractivity (Wildman–Crippen MR) is 246 cm³/mol. The van der Waals surface area contributed by atoms with Crippen molar-refractivity contribution < 1.29 is 4.74 Å². The Morgan fingerprint density at radius 3 is 1.95 bits per heavy atom. The molecule has 4 aliphatic carbocycles. The third-order valence-corrected chi connectivity index (χ3v) is 16.2. The SMILES string of the molecule is Cc1cc(C)c(N2c3ccc(C(C)(C)C)cc3C3(c4ccccc4Oc4ccccc43)c3cc4c(cc32)C(C)(C)C2=C4CC3(C)C(=C2)C2C=CC=CC2C3(C)C)c(C)c1. The van der Waals surface area contributed by atoms with Gasteiger partial charge in [-0.25, -0.2) is 0 Å². The molecule has 0 N–H and O–H groups in total. The number of fused-ring (bicyclic) bond motifs is 13. The predicted octanol–water partition coefficient (Wildman–Crippen LogP) is 15.0. The van der Waals surface area contributed by atoms with Crippen LogP contribution in [0.5, 0.6) is 11.5 Å². The molecule has 1 saturated carbocycles. The summed E-state index contributed by atoms with van der Waals surface area (Å²) >= 11 is 0. The summed E-state index contributed by atoms with van der Waals surface area (Å²) in [5.41, 5.74) is 20.8. The van der Waals surface area contributed by atoms with Crippen LogP contribution in [-0.2, 0) is 16.2 Å². The second-order valence-corrected chi connectivity index (χ2v) is 21.0. The maximum Gasteiger partial charge on any atom is 0.132 e. The molecule has 0 saturated heterocycles. The van der Waals surface area contributed by atoms with Gasteiger partial charge in [0.15, 0.2) is 0 Å². The van der Waals surface area contributed by atoms with Crippen LogP contribution in [0.1, 0.15) is 117 Å². The molecule has 1 fully saturated rings. The van der Waals surface area contributed by atoms with E-state index in [4.69, 9.17) is 4.74 Å². The first kappa shape index (κ1) is 36.7. The van der Waals surface area contributed by atoms with E-state index in [-0.39, 0.29) is 21.7 Å². The summed E-state index contributed by atoms with van der Waals surface area (Å²) in [4.78, 5) is 2.64. The summed E-state index contributed by atoms with van der Waals surface area (Å²) in [6.45, 7) is 26.5. The quantitative estimate of drug-likeness (QED) is 0.165. The molecule has 0 radical (unpaired) electrons. The van der Waals surface area contributed by atoms with E-state index in [2.05, 4.69) is 202 Å². The highest BCUT2D eigenvalue weighted by molar-refractivity contribution is 5.96. The molecule has 2 nitrogen and oxygen atoms in total. The van der Waals surface area contributed by atoms with E-state index in [1.165, 1.54) is 83.8 Å². The van der Waals surface area contributed by atoms with Gasteiger partial charge in [0.2, 0.25) is 0 Å². The Morgan fingerprint density at radius 1 is 0.661 bits per heavy atom. The molecule has 5 aromatic rings. The lowest BCUT2D eigenvalue weighted by atomic mass is 9.59. The van der Waals surface area contributed by atoms with E-state index in [1.807, 2.05) is 0 Å². The normalized spacial score (nSPS) is 24.3. The van der Waals surface area contributed by atoms with Gasteiger partial charge in [-0.2, -0.15) is 0 Å². The van der Waals surface area contributed by atoms with Gasteiger partial charge in [-0.3, -0.25) is 0 Å². The lowest BCUT2D eigenvalue weighted by molar-refractivity contribution is 0.130. The molecule has 0 bridgehead atoms. The summed E-state index contributed by atoms with van der Waals surface area (Å²) in [5.74, 6) is 2.79. The van der Waals surface area contributed by atoms with Crippen molar-refractivity contribution in [2.75, 3.05) is 4.90 Å². The van der Waals surface area contributed by atoms with E-state index >= 15 is 0 Å². The van der Waals surface area contributed by atoms with E-state index in [0.717, 1.165) is 17.9 Å². The molecule has 0 aromatic heterocycles. The minimum Gasteiger partial charge on any atom is -0.457 e. The average molecular weight is 772 g/mol. The van der Waals surface area contributed by atoms with Crippen LogP contribution in [0.15, 0.2) is 133 Å². The van der Waals surface area contributed by atoms with Crippen LogP contribution in [0, 0.1) is 43.4 Å². The van der Waals surface area contributed by atoms with Gasteiger partial charge in [-0.1, -0.05) is 158 Å².